The number of hydrogen-bond acceptors (Lipinski definition) is 4. The van der Waals surface area contributed by atoms with E-state index in [0.29, 0.717) is 32.6 Å². The molecular formula is C16H24ClN3O3. The van der Waals surface area contributed by atoms with Crippen LogP contribution in [0.15, 0.2) is 30.3 Å². The van der Waals surface area contributed by atoms with Gasteiger partial charge in [-0.1, -0.05) is 30.3 Å². The summed E-state index contributed by atoms with van der Waals surface area (Å²) in [5, 5.41) is 0. The van der Waals surface area contributed by atoms with Crippen molar-refractivity contribution in [2.24, 2.45) is 5.73 Å². The molecule has 2 N–H and O–H groups in total. The Balaban J connectivity index is 0.00000264. The number of carbonyl (C=O) groups is 2. The third kappa shape index (κ3) is 5.49. The predicted octanol–water partition coefficient (Wildman–Crippen LogP) is 0.295. The molecule has 6 nitrogen and oxygen atoms in total. The van der Waals surface area contributed by atoms with Crippen molar-refractivity contribution >= 4 is 24.2 Å². The molecule has 128 valence electrons. The third-order valence-corrected chi connectivity index (χ3v) is 3.83. The summed E-state index contributed by atoms with van der Waals surface area (Å²) in [6.45, 7) is 2.20. The number of carbonyl (C=O) groups excluding carboxylic acids is 2. The Morgan fingerprint density at radius 3 is 2.26 bits per heavy atom. The molecule has 0 radical (unpaired) electrons. The highest BCUT2D eigenvalue weighted by atomic mass is 35.5. The molecule has 2 amide bonds. The van der Waals surface area contributed by atoms with Crippen molar-refractivity contribution in [1.82, 2.24) is 9.80 Å². The fourth-order valence-corrected chi connectivity index (χ4v) is 2.58. The zero-order chi connectivity index (χ0) is 15.9. The van der Waals surface area contributed by atoms with Gasteiger partial charge in [-0.05, 0) is 12.0 Å². The summed E-state index contributed by atoms with van der Waals surface area (Å²) in [6.07, 6.45) is 0.530. The van der Waals surface area contributed by atoms with Crippen LogP contribution in [0.1, 0.15) is 5.56 Å². The normalized spacial score (nSPS) is 15.7. The Morgan fingerprint density at radius 1 is 1.13 bits per heavy atom. The highest BCUT2D eigenvalue weighted by molar-refractivity contribution is 5.85. The number of nitrogens with zero attached hydrogens (tertiary/aromatic N) is 2. The monoisotopic (exact) mass is 341 g/mol. The molecule has 1 aliphatic rings. The first-order valence-corrected chi connectivity index (χ1v) is 7.47. The highest BCUT2D eigenvalue weighted by Crippen LogP contribution is 2.08. The number of halogens is 1. The zero-order valence-corrected chi connectivity index (χ0v) is 14.1. The minimum absolute atomic E-state index is 0. The van der Waals surface area contributed by atoms with Crippen LogP contribution in [0.4, 0.5) is 0 Å². The molecule has 23 heavy (non-hydrogen) atoms. The molecule has 0 spiro atoms. The first kappa shape index (κ1) is 19.4. The van der Waals surface area contributed by atoms with Crippen LogP contribution in [0.2, 0.25) is 0 Å². The molecule has 1 aliphatic heterocycles. The third-order valence-electron chi connectivity index (χ3n) is 3.83. The number of rotatable bonds is 5. The second-order valence-electron chi connectivity index (χ2n) is 5.44. The van der Waals surface area contributed by atoms with Gasteiger partial charge < -0.3 is 20.3 Å². The van der Waals surface area contributed by atoms with Crippen molar-refractivity contribution in [2.45, 2.75) is 12.5 Å². The molecule has 1 saturated heterocycles. The van der Waals surface area contributed by atoms with Crippen LogP contribution in [0, 0.1) is 0 Å². The molecule has 7 heteroatoms. The van der Waals surface area contributed by atoms with E-state index >= 15 is 0 Å². The second-order valence-corrected chi connectivity index (χ2v) is 5.44. The molecular weight excluding hydrogens is 318 g/mol. The maximum Gasteiger partial charge on any atom is 0.248 e. The van der Waals surface area contributed by atoms with Crippen molar-refractivity contribution in [1.29, 1.82) is 0 Å². The molecule has 1 aromatic carbocycles. The number of nitrogens with two attached hydrogens (primary N) is 1. The predicted molar refractivity (Wildman–Crippen MR) is 90.4 cm³/mol. The van der Waals surface area contributed by atoms with E-state index in [4.69, 9.17) is 10.5 Å². The van der Waals surface area contributed by atoms with E-state index in [1.54, 1.807) is 9.80 Å². The van der Waals surface area contributed by atoms with E-state index in [9.17, 15) is 9.59 Å². The van der Waals surface area contributed by atoms with Gasteiger partial charge in [0, 0.05) is 33.3 Å². The number of benzene rings is 1. The van der Waals surface area contributed by atoms with E-state index in [1.165, 1.54) is 7.11 Å². The minimum atomic E-state index is -0.538. The lowest BCUT2D eigenvalue weighted by molar-refractivity contribution is -0.142. The van der Waals surface area contributed by atoms with Gasteiger partial charge in [0.1, 0.15) is 6.61 Å². The summed E-state index contributed by atoms with van der Waals surface area (Å²) in [5.74, 6) is -0.0918. The van der Waals surface area contributed by atoms with E-state index in [0.717, 1.165) is 5.56 Å². The Labute approximate surface area is 143 Å². The topological polar surface area (TPSA) is 75.9 Å². The van der Waals surface area contributed by atoms with Crippen LogP contribution < -0.4 is 5.73 Å². The van der Waals surface area contributed by atoms with Crippen molar-refractivity contribution in [2.75, 3.05) is 39.9 Å². The Kier molecular flexibility index (Phi) is 8.02. The number of methoxy groups -OCH3 is 1. The van der Waals surface area contributed by atoms with Crippen molar-refractivity contribution in [3.8, 4) is 0 Å². The average molecular weight is 342 g/mol. The summed E-state index contributed by atoms with van der Waals surface area (Å²) in [4.78, 5) is 27.6. The van der Waals surface area contributed by atoms with Crippen LogP contribution in [-0.4, -0.2) is 67.6 Å². The van der Waals surface area contributed by atoms with Gasteiger partial charge in [-0.2, -0.15) is 0 Å². The van der Waals surface area contributed by atoms with E-state index < -0.39 is 6.04 Å². The molecule has 0 bridgehead atoms. The van der Waals surface area contributed by atoms with Gasteiger partial charge >= 0.3 is 0 Å². The van der Waals surface area contributed by atoms with Gasteiger partial charge in [0.2, 0.25) is 11.8 Å². The highest BCUT2D eigenvalue weighted by Gasteiger charge is 2.27. The van der Waals surface area contributed by atoms with Crippen LogP contribution >= 0.6 is 12.4 Å². The van der Waals surface area contributed by atoms with Gasteiger partial charge in [0.25, 0.3) is 0 Å². The van der Waals surface area contributed by atoms with Gasteiger partial charge in [-0.15, -0.1) is 12.4 Å². The molecule has 2 rings (SSSR count). The van der Waals surface area contributed by atoms with Crippen LogP contribution in [0.25, 0.3) is 0 Å². The molecule has 1 atom stereocenters. The van der Waals surface area contributed by atoms with Crippen LogP contribution in [0.5, 0.6) is 0 Å². The maximum atomic E-state index is 12.4. The zero-order valence-electron chi connectivity index (χ0n) is 13.3. The summed E-state index contributed by atoms with van der Waals surface area (Å²) in [5.41, 5.74) is 7.08. The van der Waals surface area contributed by atoms with Gasteiger partial charge in [0.05, 0.1) is 6.04 Å². The first-order valence-electron chi connectivity index (χ1n) is 7.47. The Morgan fingerprint density at radius 2 is 1.70 bits per heavy atom. The van der Waals surface area contributed by atoms with E-state index in [-0.39, 0.29) is 30.8 Å². The Bertz CT molecular complexity index is 505. The summed E-state index contributed by atoms with van der Waals surface area (Å²) >= 11 is 0. The number of piperazine rings is 1. The van der Waals surface area contributed by atoms with E-state index in [2.05, 4.69) is 0 Å². The van der Waals surface area contributed by atoms with Gasteiger partial charge in [-0.3, -0.25) is 9.59 Å². The van der Waals surface area contributed by atoms with Crippen molar-refractivity contribution in [3.63, 3.8) is 0 Å². The summed E-state index contributed by atoms with van der Waals surface area (Å²) in [7, 11) is 1.50. The molecule has 0 aromatic heterocycles. The average Bonchev–Trinajstić information content (AvgIpc) is 2.55. The second kappa shape index (κ2) is 9.50. The summed E-state index contributed by atoms with van der Waals surface area (Å²) < 4.78 is 4.84. The SMILES string of the molecule is COCC(=O)N1CCN(C(=O)C(N)Cc2ccccc2)CC1.Cl. The Hall–Kier alpha value is -1.63. The number of hydrogen-bond donors (Lipinski definition) is 1. The fraction of sp³-hybridized carbons (Fsp3) is 0.500. The molecule has 0 saturated carbocycles. The smallest absolute Gasteiger partial charge is 0.248 e. The minimum Gasteiger partial charge on any atom is -0.375 e. The quantitative estimate of drug-likeness (QED) is 0.835. The van der Waals surface area contributed by atoms with Crippen molar-refractivity contribution < 1.29 is 14.3 Å². The van der Waals surface area contributed by atoms with Crippen LogP contribution in [-0.2, 0) is 20.7 Å². The molecule has 1 heterocycles. The molecule has 0 aliphatic carbocycles. The number of ether oxygens (including phenoxy) is 1. The number of amides is 2. The van der Waals surface area contributed by atoms with Crippen LogP contribution in [0.3, 0.4) is 0 Å². The lowest BCUT2D eigenvalue weighted by Gasteiger charge is -2.35. The molecule has 1 aromatic rings. The van der Waals surface area contributed by atoms with Gasteiger partial charge in [-0.25, -0.2) is 0 Å². The maximum absolute atomic E-state index is 12.4. The lowest BCUT2D eigenvalue weighted by Crippen LogP contribution is -2.55. The van der Waals surface area contributed by atoms with E-state index in [1.807, 2.05) is 30.3 Å². The lowest BCUT2D eigenvalue weighted by atomic mass is 10.1. The first-order chi connectivity index (χ1) is 10.6. The van der Waals surface area contributed by atoms with Crippen molar-refractivity contribution in [3.05, 3.63) is 35.9 Å². The summed E-state index contributed by atoms with van der Waals surface area (Å²) in [6, 6.07) is 9.21. The standard InChI is InChI=1S/C16H23N3O3.ClH/c1-22-12-15(20)18-7-9-19(10-8-18)16(21)14(17)11-13-5-3-2-4-6-13;/h2-6,14H,7-12,17H2,1H3;1H. The van der Waals surface area contributed by atoms with Gasteiger partial charge in [0.15, 0.2) is 0 Å². The largest absolute Gasteiger partial charge is 0.375 e. The fourth-order valence-electron chi connectivity index (χ4n) is 2.58. The molecule has 1 fully saturated rings. The molecule has 1 unspecified atom stereocenters.